The van der Waals surface area contributed by atoms with Crippen molar-refractivity contribution < 1.29 is 4.74 Å². The van der Waals surface area contributed by atoms with Gasteiger partial charge in [0.2, 0.25) is 0 Å². The molecule has 0 saturated carbocycles. The number of hydrogen-bond donors (Lipinski definition) is 0. The van der Waals surface area contributed by atoms with Gasteiger partial charge in [-0.25, -0.2) is 4.98 Å². The van der Waals surface area contributed by atoms with Crippen LogP contribution < -0.4 is 4.74 Å². The first-order chi connectivity index (χ1) is 8.38. The first kappa shape index (κ1) is 10.4. The Labute approximate surface area is 101 Å². The molecule has 3 rings (SSSR count). The maximum atomic E-state index is 5.26. The average Bonchev–Trinajstić information content (AvgIpc) is 2.82. The molecule has 1 aromatic heterocycles. The van der Waals surface area contributed by atoms with Crippen LogP contribution in [0, 0.1) is 0 Å². The summed E-state index contributed by atoms with van der Waals surface area (Å²) in [5.41, 5.74) is 2.49. The van der Waals surface area contributed by atoms with Crippen LogP contribution >= 0.6 is 0 Å². The Hall–Kier alpha value is -1.77. The Morgan fingerprint density at radius 3 is 3.12 bits per heavy atom. The van der Waals surface area contributed by atoms with Gasteiger partial charge < -0.3 is 9.30 Å². The normalized spacial score (nSPS) is 14.4. The van der Waals surface area contributed by atoms with E-state index in [-0.39, 0.29) is 0 Å². The summed E-state index contributed by atoms with van der Waals surface area (Å²) in [5, 5.41) is 0. The molecule has 17 heavy (non-hydrogen) atoms. The second kappa shape index (κ2) is 4.24. The fourth-order valence-electron chi connectivity index (χ4n) is 2.43. The van der Waals surface area contributed by atoms with Gasteiger partial charge in [-0.05, 0) is 31.4 Å². The molecule has 3 nitrogen and oxygen atoms in total. The molecule has 0 bridgehead atoms. The van der Waals surface area contributed by atoms with E-state index in [0.29, 0.717) is 0 Å². The number of ether oxygens (including phenoxy) is 1. The van der Waals surface area contributed by atoms with Gasteiger partial charge in [0.25, 0.3) is 0 Å². The van der Waals surface area contributed by atoms with Crippen LogP contribution in [0.15, 0.2) is 30.5 Å². The first-order valence-electron chi connectivity index (χ1n) is 6.07. The summed E-state index contributed by atoms with van der Waals surface area (Å²) in [6.45, 7) is 1.09. The van der Waals surface area contributed by atoms with Crippen molar-refractivity contribution in [3.8, 4) is 17.1 Å². The van der Waals surface area contributed by atoms with Gasteiger partial charge in [-0.15, -0.1) is 0 Å². The second-order valence-corrected chi connectivity index (χ2v) is 4.41. The van der Waals surface area contributed by atoms with Gasteiger partial charge in [-0.1, -0.05) is 12.1 Å². The number of benzene rings is 1. The number of hydrogen-bond acceptors (Lipinski definition) is 2. The third-order valence-corrected chi connectivity index (χ3v) is 3.33. The summed E-state index contributed by atoms with van der Waals surface area (Å²) in [7, 11) is 1.69. The molecule has 0 atom stereocenters. The van der Waals surface area contributed by atoms with Crippen LogP contribution in [0.5, 0.6) is 5.75 Å². The summed E-state index contributed by atoms with van der Waals surface area (Å²) < 4.78 is 7.59. The summed E-state index contributed by atoms with van der Waals surface area (Å²) in [4.78, 5) is 4.55. The molecule has 2 heterocycles. The fraction of sp³-hybridized carbons (Fsp3) is 0.357. The van der Waals surface area contributed by atoms with E-state index in [1.54, 1.807) is 7.11 Å². The van der Waals surface area contributed by atoms with Crippen LogP contribution in [0.4, 0.5) is 0 Å². The van der Waals surface area contributed by atoms with Gasteiger partial charge in [-0.2, -0.15) is 0 Å². The summed E-state index contributed by atoms with van der Waals surface area (Å²) in [6.07, 6.45) is 5.69. The summed E-state index contributed by atoms with van der Waals surface area (Å²) in [6, 6.07) is 8.11. The lowest BCUT2D eigenvalue weighted by molar-refractivity contribution is 0.415. The molecule has 0 N–H and O–H groups in total. The minimum Gasteiger partial charge on any atom is -0.497 e. The summed E-state index contributed by atoms with van der Waals surface area (Å²) in [5.74, 6) is 1.95. The van der Waals surface area contributed by atoms with Crippen molar-refractivity contribution in [1.82, 2.24) is 9.55 Å². The molecule has 0 fully saturated rings. The zero-order valence-electron chi connectivity index (χ0n) is 10.0. The van der Waals surface area contributed by atoms with Gasteiger partial charge in [0.1, 0.15) is 11.6 Å². The molecule has 0 unspecified atom stereocenters. The van der Waals surface area contributed by atoms with Gasteiger partial charge in [0, 0.05) is 24.0 Å². The van der Waals surface area contributed by atoms with E-state index in [1.807, 2.05) is 24.4 Å². The van der Waals surface area contributed by atoms with Crippen LogP contribution in [0.3, 0.4) is 0 Å². The van der Waals surface area contributed by atoms with Gasteiger partial charge >= 0.3 is 0 Å². The lowest BCUT2D eigenvalue weighted by atomic mass is 10.1. The molecular formula is C14H16N2O. The van der Waals surface area contributed by atoms with Crippen molar-refractivity contribution in [3.05, 3.63) is 36.2 Å². The Bertz CT molecular complexity index is 531. The Morgan fingerprint density at radius 1 is 1.29 bits per heavy atom. The number of nitrogens with zero attached hydrogens (tertiary/aromatic N) is 2. The molecular weight excluding hydrogens is 212 g/mol. The van der Waals surface area contributed by atoms with Crippen molar-refractivity contribution in [3.63, 3.8) is 0 Å². The Morgan fingerprint density at radius 2 is 2.24 bits per heavy atom. The predicted octanol–water partition coefficient (Wildman–Crippen LogP) is 2.90. The standard InChI is InChI=1S/C14H16N2O/c1-17-13-7-4-5-11(9-13)14-15-10-12-6-2-3-8-16(12)14/h4-5,7,9-10H,2-3,6,8H2,1H3. The van der Waals surface area contributed by atoms with Crippen molar-refractivity contribution in [1.29, 1.82) is 0 Å². The first-order valence-corrected chi connectivity index (χ1v) is 6.07. The van der Waals surface area contributed by atoms with Crippen LogP contribution in [0.1, 0.15) is 18.5 Å². The van der Waals surface area contributed by atoms with Gasteiger partial charge in [-0.3, -0.25) is 0 Å². The molecule has 1 aromatic carbocycles. The monoisotopic (exact) mass is 228 g/mol. The largest absolute Gasteiger partial charge is 0.497 e. The molecule has 88 valence electrons. The highest BCUT2D eigenvalue weighted by molar-refractivity contribution is 5.58. The highest BCUT2D eigenvalue weighted by atomic mass is 16.5. The summed E-state index contributed by atoms with van der Waals surface area (Å²) >= 11 is 0. The molecule has 1 aliphatic rings. The maximum Gasteiger partial charge on any atom is 0.140 e. The SMILES string of the molecule is COc1cccc(-c2ncc3n2CCCC3)c1. The van der Waals surface area contributed by atoms with E-state index >= 15 is 0 Å². The number of rotatable bonds is 2. The van der Waals surface area contributed by atoms with Crippen LogP contribution in [0.2, 0.25) is 0 Å². The Kier molecular flexibility index (Phi) is 2.59. The van der Waals surface area contributed by atoms with Gasteiger partial charge in [0.05, 0.1) is 7.11 Å². The highest BCUT2D eigenvalue weighted by Gasteiger charge is 2.15. The molecule has 0 aliphatic carbocycles. The van der Waals surface area contributed by atoms with Crippen LogP contribution in [-0.4, -0.2) is 16.7 Å². The minimum atomic E-state index is 0.885. The van der Waals surface area contributed by atoms with E-state index in [1.165, 1.54) is 18.5 Å². The predicted molar refractivity (Wildman–Crippen MR) is 67.2 cm³/mol. The van der Waals surface area contributed by atoms with Crippen LogP contribution in [-0.2, 0) is 13.0 Å². The third kappa shape index (κ3) is 1.82. The van der Waals surface area contributed by atoms with Gasteiger partial charge in [0.15, 0.2) is 0 Å². The zero-order chi connectivity index (χ0) is 11.7. The lowest BCUT2D eigenvalue weighted by Crippen LogP contribution is -2.10. The number of aryl methyl sites for hydroxylation is 1. The van der Waals surface area contributed by atoms with Crippen LogP contribution in [0.25, 0.3) is 11.4 Å². The van der Waals surface area contributed by atoms with Crippen molar-refractivity contribution >= 4 is 0 Å². The highest BCUT2D eigenvalue weighted by Crippen LogP contribution is 2.26. The third-order valence-electron chi connectivity index (χ3n) is 3.33. The number of methoxy groups -OCH3 is 1. The van der Waals surface area contributed by atoms with Crippen molar-refractivity contribution in [2.24, 2.45) is 0 Å². The van der Waals surface area contributed by atoms with Crippen molar-refractivity contribution in [2.45, 2.75) is 25.8 Å². The molecule has 0 saturated heterocycles. The number of fused-ring (bicyclic) bond motifs is 1. The molecule has 0 amide bonds. The molecule has 0 radical (unpaired) electrons. The molecule has 0 spiro atoms. The smallest absolute Gasteiger partial charge is 0.140 e. The minimum absolute atomic E-state index is 0.885. The topological polar surface area (TPSA) is 27.1 Å². The van der Waals surface area contributed by atoms with E-state index < -0.39 is 0 Å². The van der Waals surface area contributed by atoms with E-state index in [0.717, 1.165) is 30.1 Å². The Balaban J connectivity index is 2.05. The zero-order valence-corrected chi connectivity index (χ0v) is 10.0. The number of imidazole rings is 1. The molecule has 1 aliphatic heterocycles. The van der Waals surface area contributed by atoms with E-state index in [9.17, 15) is 0 Å². The molecule has 2 aromatic rings. The van der Waals surface area contributed by atoms with Crippen molar-refractivity contribution in [2.75, 3.05) is 7.11 Å². The van der Waals surface area contributed by atoms with E-state index in [4.69, 9.17) is 4.74 Å². The van der Waals surface area contributed by atoms with E-state index in [2.05, 4.69) is 15.6 Å². The fourth-order valence-corrected chi connectivity index (χ4v) is 2.43. The quantitative estimate of drug-likeness (QED) is 0.790. The second-order valence-electron chi connectivity index (χ2n) is 4.41. The number of aromatic nitrogens is 2. The lowest BCUT2D eigenvalue weighted by Gasteiger charge is -2.16. The average molecular weight is 228 g/mol. The molecule has 3 heteroatoms. The maximum absolute atomic E-state index is 5.26.